The second-order valence-corrected chi connectivity index (χ2v) is 20.4. The van der Waals surface area contributed by atoms with Crippen LogP contribution in [0.2, 0.25) is 5.02 Å². The minimum absolute atomic E-state index is 0. The van der Waals surface area contributed by atoms with E-state index in [1.54, 1.807) is 0 Å². The fraction of sp³-hybridized carbons (Fsp3) is 0.358. The van der Waals surface area contributed by atoms with Gasteiger partial charge in [0, 0.05) is 12.5 Å². The maximum atomic E-state index is 14.1. The van der Waals surface area contributed by atoms with E-state index in [2.05, 4.69) is 37.2 Å². The molecule has 0 fully saturated rings. The third-order valence-electron chi connectivity index (χ3n) is 11.8. The van der Waals surface area contributed by atoms with Crippen LogP contribution >= 0.6 is 23.6 Å². The number of unbranched alkanes of at least 4 members (excludes halogenated alkanes) is 9. The van der Waals surface area contributed by atoms with E-state index in [4.69, 9.17) is 30.5 Å². The Hall–Kier alpha value is -4.79. The van der Waals surface area contributed by atoms with Crippen molar-refractivity contribution >= 4 is 103 Å². The van der Waals surface area contributed by atoms with Gasteiger partial charge in [-0.3, -0.25) is 29.0 Å². The van der Waals surface area contributed by atoms with Crippen molar-refractivity contribution in [3.63, 3.8) is 0 Å². The van der Waals surface area contributed by atoms with Gasteiger partial charge in [-0.2, -0.15) is 9.45 Å². The molecule has 0 aliphatic heterocycles. The predicted octanol–water partition coefficient (Wildman–Crippen LogP) is 4.89. The third kappa shape index (κ3) is 19.5. The number of azo groups is 1. The summed E-state index contributed by atoms with van der Waals surface area (Å²) in [5.74, 6) is -4.94. The number of anilines is 2. The van der Waals surface area contributed by atoms with Gasteiger partial charge in [0.25, 0.3) is 5.91 Å². The van der Waals surface area contributed by atoms with Crippen LogP contribution in [0.5, 0.6) is 17.2 Å². The van der Waals surface area contributed by atoms with Gasteiger partial charge in [0.05, 0.1) is 68.6 Å². The molecule has 0 radical (unpaired) electrons. The number of amides is 2. The number of halogens is 1. The Bertz CT molecular complexity index is 3060. The number of nitrogens with zero attached hydrogens (tertiary/aromatic N) is 2. The van der Waals surface area contributed by atoms with Crippen LogP contribution < -0.4 is 89.2 Å². The molecule has 0 saturated heterocycles. The van der Waals surface area contributed by atoms with E-state index in [1.807, 2.05) is 0 Å². The predicted molar refractivity (Wildman–Crippen MR) is 279 cm³/mol. The molecule has 0 bridgehead atoms. The van der Waals surface area contributed by atoms with Gasteiger partial charge in [0.1, 0.15) is 38.5 Å². The summed E-state index contributed by atoms with van der Waals surface area (Å²) >= 11 is 6.71. The van der Waals surface area contributed by atoms with Gasteiger partial charge in [0.15, 0.2) is 5.75 Å². The second kappa shape index (κ2) is 32.5. The molecule has 78 heavy (non-hydrogen) atoms. The zero-order valence-electron chi connectivity index (χ0n) is 44.6. The molecule has 5 rings (SSSR count). The van der Waals surface area contributed by atoms with Crippen LogP contribution in [0.1, 0.15) is 120 Å². The van der Waals surface area contributed by atoms with E-state index in [-0.39, 0.29) is 138 Å². The summed E-state index contributed by atoms with van der Waals surface area (Å²) in [7, 11) is -3.72. The molecule has 0 aliphatic rings. The van der Waals surface area contributed by atoms with Crippen molar-refractivity contribution in [1.82, 2.24) is 0 Å². The molecule has 5 aromatic carbocycles. The van der Waals surface area contributed by atoms with Gasteiger partial charge in [-0.05, 0) is 118 Å². The zero-order chi connectivity index (χ0) is 55.6. The molecule has 0 aliphatic carbocycles. The number of esters is 2. The minimum Gasteiger partial charge on any atom is -0.744 e. The normalized spacial score (nSPS) is 11.7. The first kappa shape index (κ1) is 67.5. The standard InChI is InChI=1S/C53H59ClN4O16S2.2Na/c1-7-8-9-10-11-12-13-14-15-16-27-70-51(63)35-19-26-41(54)42(29-35)56-50(62)49(47(61)34-17-22-38(69-6)23-18-34)71-39-24-20-37(21-25-39)57-58-46-44(75-74-73-65)30-36-28-40(76(66,67)68)31-43(55-33(3)60)45(36)48(46)72-52(64)53(4,5)32(2)59;;/h17-26,28-31,49,65H,7-16,27H2,1-6H3,(H,55,60)(H,56,62)(H,66,67,68);;/q;2*+1/p-2. The molecule has 1 unspecified atom stereocenters. The number of benzene rings is 5. The van der Waals surface area contributed by atoms with Crippen LogP contribution in [-0.2, 0) is 43.4 Å². The Morgan fingerprint density at radius 3 is 1.94 bits per heavy atom. The number of hydrogen-bond donors (Lipinski definition) is 2. The molecule has 0 aromatic heterocycles. The maximum absolute atomic E-state index is 14.1. The zero-order valence-corrected chi connectivity index (χ0v) is 50.9. The van der Waals surface area contributed by atoms with E-state index in [0.29, 0.717) is 12.2 Å². The number of carbonyl (C=O) groups is 6. The van der Waals surface area contributed by atoms with E-state index >= 15 is 0 Å². The summed E-state index contributed by atoms with van der Waals surface area (Å²) in [6.45, 7) is 7.19. The van der Waals surface area contributed by atoms with Crippen LogP contribution in [0, 0.1) is 5.41 Å². The smallest absolute Gasteiger partial charge is 0.744 e. The van der Waals surface area contributed by atoms with Crippen LogP contribution in [0.3, 0.4) is 0 Å². The van der Waals surface area contributed by atoms with Crippen molar-refractivity contribution in [2.24, 2.45) is 15.6 Å². The van der Waals surface area contributed by atoms with Crippen LogP contribution in [0.15, 0.2) is 105 Å². The van der Waals surface area contributed by atoms with Gasteiger partial charge in [-0.25, -0.2) is 13.2 Å². The number of nitrogens with one attached hydrogen (secondary N) is 2. The number of carbonyl (C=O) groups excluding carboxylic acids is 6. The summed E-state index contributed by atoms with van der Waals surface area (Å²) in [4.78, 5) is 78.9. The summed E-state index contributed by atoms with van der Waals surface area (Å²) in [5, 5.41) is 27.8. The fourth-order valence-electron chi connectivity index (χ4n) is 7.30. The van der Waals surface area contributed by atoms with Gasteiger partial charge in [-0.1, -0.05) is 76.3 Å². The molecular weight excluding hydrogens is 1090 g/mol. The Morgan fingerprint density at radius 1 is 0.756 bits per heavy atom. The second-order valence-electron chi connectivity index (χ2n) is 17.8. The molecular formula is C53H57ClN4Na2O16S2. The van der Waals surface area contributed by atoms with Gasteiger partial charge in [0.2, 0.25) is 17.8 Å². The number of fused-ring (bicyclic) bond motifs is 1. The first-order valence-corrected chi connectivity index (χ1v) is 26.6. The van der Waals surface area contributed by atoms with E-state index < -0.39 is 67.6 Å². The van der Waals surface area contributed by atoms with Crippen LogP contribution in [0.4, 0.5) is 22.7 Å². The van der Waals surface area contributed by atoms with Crippen molar-refractivity contribution in [2.75, 3.05) is 24.4 Å². The van der Waals surface area contributed by atoms with Crippen molar-refractivity contribution in [1.29, 1.82) is 0 Å². The SMILES string of the molecule is CCCCCCCCCCCCOC(=O)c1ccc(Cl)c(NC(=O)C(Oc2ccc(N=Nc3c(SOO[O-])cc4cc(S(=O)(=O)[O-])cc(NC(C)=O)c4c3OC(=O)C(C)(C)C(C)=O)cc2)C(=O)c2ccc(OC)cc2)c1.[Na+].[Na+]. The van der Waals surface area contributed by atoms with Crippen molar-refractivity contribution in [2.45, 2.75) is 115 Å². The van der Waals surface area contributed by atoms with E-state index in [0.717, 1.165) is 45.2 Å². The van der Waals surface area contributed by atoms with Gasteiger partial charge < -0.3 is 39.4 Å². The summed E-state index contributed by atoms with van der Waals surface area (Å²) in [6.07, 6.45) is 9.32. The van der Waals surface area contributed by atoms with Crippen LogP contribution in [0.25, 0.3) is 10.8 Å². The number of ketones is 2. The van der Waals surface area contributed by atoms with Crippen molar-refractivity contribution in [3.8, 4) is 17.2 Å². The topological polar surface area (TPSA) is 287 Å². The summed E-state index contributed by atoms with van der Waals surface area (Å²) in [5.41, 5.74) is -2.23. The molecule has 406 valence electrons. The summed E-state index contributed by atoms with van der Waals surface area (Å²) < 4.78 is 63.8. The molecule has 20 nitrogen and oxygen atoms in total. The average Bonchev–Trinajstić information content (AvgIpc) is 3.38. The Balaban J connectivity index is 0.00000800. The summed E-state index contributed by atoms with van der Waals surface area (Å²) in [6, 6.07) is 18.4. The quantitative estimate of drug-likeness (QED) is 0.00551. The number of rotatable bonds is 29. The largest absolute Gasteiger partial charge is 1.00 e. The van der Waals surface area contributed by atoms with Gasteiger partial charge in [-0.15, -0.1) is 5.11 Å². The van der Waals surface area contributed by atoms with E-state index in [1.165, 1.54) is 132 Å². The Morgan fingerprint density at radius 2 is 1.36 bits per heavy atom. The number of methoxy groups -OCH3 is 1. The molecule has 5 aromatic rings. The van der Waals surface area contributed by atoms with E-state index in [9.17, 15) is 47.0 Å². The average molecular weight is 1150 g/mol. The van der Waals surface area contributed by atoms with Gasteiger partial charge >= 0.3 is 71.1 Å². The third-order valence-corrected chi connectivity index (χ3v) is 13.6. The van der Waals surface area contributed by atoms with Crippen LogP contribution in [-0.4, -0.2) is 68.1 Å². The first-order chi connectivity index (χ1) is 36.2. The Labute approximate surface area is 505 Å². The molecule has 0 saturated carbocycles. The van der Waals surface area contributed by atoms with Crippen molar-refractivity contribution in [3.05, 3.63) is 101 Å². The monoisotopic (exact) mass is 1150 g/mol. The molecule has 0 heterocycles. The molecule has 1 atom stereocenters. The van der Waals surface area contributed by atoms with Crippen molar-refractivity contribution < 1.29 is 134 Å². The Kier molecular flexibility index (Phi) is 28.1. The molecule has 2 N–H and O–H groups in total. The first-order valence-electron chi connectivity index (χ1n) is 24.1. The number of hydrogen-bond acceptors (Lipinski definition) is 19. The number of ether oxygens (including phenoxy) is 4. The number of Topliss-reactive ketones (excluding diaryl/α,β-unsaturated/α-hetero) is 2. The molecule has 25 heteroatoms. The molecule has 0 spiro atoms. The minimum atomic E-state index is -5.16. The fourth-order valence-corrected chi connectivity index (χ4v) is 8.49. The molecule has 2 amide bonds. The maximum Gasteiger partial charge on any atom is 1.00 e.